The molecule has 0 bridgehead atoms. The molecule has 0 aliphatic rings. The van der Waals surface area contributed by atoms with Crippen molar-refractivity contribution in [3.8, 4) is 0 Å². The number of nitrogens with one attached hydrogen (secondary N) is 2. The van der Waals surface area contributed by atoms with Crippen molar-refractivity contribution < 1.29 is 14.4 Å². The molecule has 1 rings (SSSR count). The third-order valence-electron chi connectivity index (χ3n) is 3.01. The zero-order chi connectivity index (χ0) is 16.8. The van der Waals surface area contributed by atoms with Gasteiger partial charge in [0.15, 0.2) is 0 Å². The van der Waals surface area contributed by atoms with Crippen molar-refractivity contribution in [3.63, 3.8) is 0 Å². The fourth-order valence-corrected chi connectivity index (χ4v) is 1.80. The average molecular weight is 306 g/mol. The Kier molecular flexibility index (Phi) is 6.03. The van der Waals surface area contributed by atoms with Gasteiger partial charge in [-0.15, -0.1) is 0 Å². The highest BCUT2D eigenvalue weighted by Gasteiger charge is 2.26. The molecule has 0 saturated heterocycles. The Morgan fingerprint density at radius 3 is 2.41 bits per heavy atom. The summed E-state index contributed by atoms with van der Waals surface area (Å²) >= 11 is 0. The number of hydrogen-bond donors (Lipinski definition) is 2. The minimum Gasteiger partial charge on any atom is -0.349 e. The van der Waals surface area contributed by atoms with Crippen molar-refractivity contribution in [1.82, 2.24) is 20.7 Å². The third kappa shape index (κ3) is 5.90. The minimum atomic E-state index is -0.496. The van der Waals surface area contributed by atoms with Gasteiger partial charge in [0, 0.05) is 39.3 Å². The molecule has 7 nitrogen and oxygen atoms in total. The number of carbonyl (C=O) groups is 3. The lowest BCUT2D eigenvalue weighted by Gasteiger charge is -2.25. The van der Waals surface area contributed by atoms with Crippen molar-refractivity contribution in [2.24, 2.45) is 5.41 Å². The van der Waals surface area contributed by atoms with E-state index in [-0.39, 0.29) is 24.7 Å². The normalized spacial score (nSPS) is 10.7. The molecule has 0 saturated carbocycles. The third-order valence-corrected chi connectivity index (χ3v) is 3.01. The Morgan fingerprint density at radius 2 is 1.86 bits per heavy atom. The Hall–Kier alpha value is -2.44. The van der Waals surface area contributed by atoms with Crippen LogP contribution in [0.1, 0.15) is 37.0 Å². The van der Waals surface area contributed by atoms with Crippen molar-refractivity contribution in [2.75, 3.05) is 14.1 Å². The Labute approximate surface area is 130 Å². The second-order valence-corrected chi connectivity index (χ2v) is 6.05. The number of pyridine rings is 1. The molecule has 1 aromatic heterocycles. The van der Waals surface area contributed by atoms with E-state index in [1.165, 1.54) is 11.1 Å². The van der Waals surface area contributed by atoms with Gasteiger partial charge in [-0.25, -0.2) is 0 Å². The summed E-state index contributed by atoms with van der Waals surface area (Å²) in [6.45, 7) is 3.66. The van der Waals surface area contributed by atoms with Gasteiger partial charge in [0.1, 0.15) is 0 Å². The maximum atomic E-state index is 11.9. The molecule has 0 atom stereocenters. The van der Waals surface area contributed by atoms with Gasteiger partial charge in [0.05, 0.1) is 5.56 Å². The molecule has 1 aromatic rings. The maximum Gasteiger partial charge on any atom is 0.271 e. The summed E-state index contributed by atoms with van der Waals surface area (Å²) in [5.41, 5.74) is 4.53. The molecule has 3 amide bonds. The van der Waals surface area contributed by atoms with Gasteiger partial charge in [-0.3, -0.25) is 30.2 Å². The van der Waals surface area contributed by atoms with Crippen LogP contribution in [-0.2, 0) is 9.59 Å². The highest BCUT2D eigenvalue weighted by molar-refractivity contribution is 5.95. The SMILES string of the molecule is CN(C)C(=O)CC(C)(C)CC(=O)NNC(=O)c1cccnc1. The lowest BCUT2D eigenvalue weighted by molar-refractivity contribution is -0.131. The molecule has 0 fully saturated rings. The molecule has 0 aliphatic heterocycles. The van der Waals surface area contributed by atoms with E-state index in [0.29, 0.717) is 5.56 Å². The average Bonchev–Trinajstić information content (AvgIpc) is 2.44. The molecule has 0 spiro atoms. The predicted octanol–water partition coefficient (Wildman–Crippen LogP) is 0.737. The van der Waals surface area contributed by atoms with Crippen LogP contribution in [0.5, 0.6) is 0 Å². The standard InChI is InChI=1S/C15H22N4O3/c1-15(2,9-13(21)19(3)4)8-12(20)17-18-14(22)11-6-5-7-16-10-11/h5-7,10H,8-9H2,1-4H3,(H,17,20)(H,18,22). The van der Waals surface area contributed by atoms with E-state index in [9.17, 15) is 14.4 Å². The summed E-state index contributed by atoms with van der Waals surface area (Å²) < 4.78 is 0. The summed E-state index contributed by atoms with van der Waals surface area (Å²) in [4.78, 5) is 40.7. The molecule has 22 heavy (non-hydrogen) atoms. The molecule has 120 valence electrons. The van der Waals surface area contributed by atoms with Gasteiger partial charge < -0.3 is 4.90 Å². The van der Waals surface area contributed by atoms with Crippen molar-refractivity contribution in [1.29, 1.82) is 0 Å². The Bertz CT molecular complexity index is 541. The number of nitrogens with zero attached hydrogens (tertiary/aromatic N) is 2. The number of carbonyl (C=O) groups excluding carboxylic acids is 3. The highest BCUT2D eigenvalue weighted by Crippen LogP contribution is 2.25. The topological polar surface area (TPSA) is 91.4 Å². The van der Waals surface area contributed by atoms with Crippen molar-refractivity contribution in [2.45, 2.75) is 26.7 Å². The van der Waals surface area contributed by atoms with E-state index in [2.05, 4.69) is 15.8 Å². The van der Waals surface area contributed by atoms with Crippen LogP contribution in [0.25, 0.3) is 0 Å². The molecule has 7 heteroatoms. The predicted molar refractivity (Wildman–Crippen MR) is 81.6 cm³/mol. The summed E-state index contributed by atoms with van der Waals surface area (Å²) in [6.07, 6.45) is 3.34. The lowest BCUT2D eigenvalue weighted by Crippen LogP contribution is -2.43. The number of amides is 3. The van der Waals surface area contributed by atoms with Crippen LogP contribution in [0, 0.1) is 5.41 Å². The summed E-state index contributed by atoms with van der Waals surface area (Å²) in [5.74, 6) is -0.838. The second kappa shape index (κ2) is 7.53. The molecular formula is C15H22N4O3. The zero-order valence-electron chi connectivity index (χ0n) is 13.3. The first-order valence-electron chi connectivity index (χ1n) is 6.91. The van der Waals surface area contributed by atoms with Crippen LogP contribution in [0.2, 0.25) is 0 Å². The monoisotopic (exact) mass is 306 g/mol. The molecule has 0 aromatic carbocycles. The largest absolute Gasteiger partial charge is 0.349 e. The van der Waals surface area contributed by atoms with Gasteiger partial charge in [-0.05, 0) is 17.5 Å². The fraction of sp³-hybridized carbons (Fsp3) is 0.467. The lowest BCUT2D eigenvalue weighted by atomic mass is 9.85. The number of rotatable bonds is 5. The summed E-state index contributed by atoms with van der Waals surface area (Å²) in [7, 11) is 3.35. The minimum absolute atomic E-state index is 0.0443. The number of aromatic nitrogens is 1. The van der Waals surface area contributed by atoms with Crippen LogP contribution in [0.4, 0.5) is 0 Å². The van der Waals surface area contributed by atoms with Crippen LogP contribution < -0.4 is 10.9 Å². The van der Waals surface area contributed by atoms with Crippen LogP contribution in [-0.4, -0.2) is 41.7 Å². The molecular weight excluding hydrogens is 284 g/mol. The first kappa shape index (κ1) is 17.6. The van der Waals surface area contributed by atoms with Crippen LogP contribution >= 0.6 is 0 Å². The van der Waals surface area contributed by atoms with Gasteiger partial charge in [0.25, 0.3) is 5.91 Å². The highest BCUT2D eigenvalue weighted by atomic mass is 16.2. The molecule has 0 radical (unpaired) electrons. The van der Waals surface area contributed by atoms with Gasteiger partial charge >= 0.3 is 0 Å². The van der Waals surface area contributed by atoms with E-state index >= 15 is 0 Å². The first-order chi connectivity index (χ1) is 10.2. The zero-order valence-corrected chi connectivity index (χ0v) is 13.3. The van der Waals surface area contributed by atoms with Gasteiger partial charge in [-0.2, -0.15) is 0 Å². The summed E-state index contributed by atoms with van der Waals surface area (Å²) in [6, 6.07) is 3.22. The van der Waals surface area contributed by atoms with Crippen LogP contribution in [0.3, 0.4) is 0 Å². The number of hydrazine groups is 1. The number of hydrogen-bond acceptors (Lipinski definition) is 4. The summed E-state index contributed by atoms with van der Waals surface area (Å²) in [5, 5.41) is 0. The first-order valence-corrected chi connectivity index (χ1v) is 6.91. The van der Waals surface area contributed by atoms with E-state index in [0.717, 1.165) is 0 Å². The van der Waals surface area contributed by atoms with Gasteiger partial charge in [0.2, 0.25) is 11.8 Å². The van der Waals surface area contributed by atoms with E-state index in [1.54, 1.807) is 32.4 Å². The van der Waals surface area contributed by atoms with Gasteiger partial charge in [-0.1, -0.05) is 13.8 Å². The Balaban J connectivity index is 2.46. The fourth-order valence-electron chi connectivity index (χ4n) is 1.80. The van der Waals surface area contributed by atoms with E-state index < -0.39 is 11.3 Å². The molecule has 0 unspecified atom stereocenters. The van der Waals surface area contributed by atoms with Crippen LogP contribution in [0.15, 0.2) is 24.5 Å². The van der Waals surface area contributed by atoms with E-state index in [1.807, 2.05) is 13.8 Å². The van der Waals surface area contributed by atoms with Crippen molar-refractivity contribution >= 4 is 17.7 Å². The quantitative estimate of drug-likeness (QED) is 0.785. The smallest absolute Gasteiger partial charge is 0.271 e. The van der Waals surface area contributed by atoms with E-state index in [4.69, 9.17) is 0 Å². The second-order valence-electron chi connectivity index (χ2n) is 6.05. The maximum absolute atomic E-state index is 11.9. The van der Waals surface area contributed by atoms with Crippen molar-refractivity contribution in [3.05, 3.63) is 30.1 Å². The molecule has 1 heterocycles. The Morgan fingerprint density at radius 1 is 1.18 bits per heavy atom. The molecule has 0 aliphatic carbocycles. The molecule has 2 N–H and O–H groups in total.